The zero-order valence-corrected chi connectivity index (χ0v) is 17.0. The van der Waals surface area contributed by atoms with Crippen LogP contribution < -0.4 is 10.0 Å². The van der Waals surface area contributed by atoms with Crippen LogP contribution >= 0.6 is 11.6 Å². The standard InChI is InChI=1S/C20H17ClN4O3S/c1-3-14-9-10-16(21)18(12-14)29(27,28)25-20(26)24-19-22-13(2)11-17(23-19)15-7-5-4-6-8-15/h3-12H,1H2,2H3,(H2,22,23,24,25,26). The van der Waals surface area contributed by atoms with Crippen LogP contribution in [0.5, 0.6) is 0 Å². The summed E-state index contributed by atoms with van der Waals surface area (Å²) < 4.78 is 27.0. The normalized spacial score (nSPS) is 11.0. The first-order valence-electron chi connectivity index (χ1n) is 8.45. The first-order chi connectivity index (χ1) is 13.8. The summed E-state index contributed by atoms with van der Waals surface area (Å²) >= 11 is 5.98. The zero-order valence-electron chi connectivity index (χ0n) is 15.4. The molecule has 3 rings (SSSR count). The highest BCUT2D eigenvalue weighted by Gasteiger charge is 2.22. The first-order valence-corrected chi connectivity index (χ1v) is 10.3. The molecule has 0 bridgehead atoms. The molecule has 2 aromatic carbocycles. The minimum atomic E-state index is -4.21. The summed E-state index contributed by atoms with van der Waals surface area (Å²) in [4.78, 5) is 20.5. The van der Waals surface area contributed by atoms with E-state index in [9.17, 15) is 13.2 Å². The average Bonchev–Trinajstić information content (AvgIpc) is 2.68. The predicted molar refractivity (Wildman–Crippen MR) is 113 cm³/mol. The van der Waals surface area contributed by atoms with Gasteiger partial charge in [0.25, 0.3) is 10.0 Å². The fraction of sp³-hybridized carbons (Fsp3) is 0.0500. The second-order valence-electron chi connectivity index (χ2n) is 6.04. The maximum absolute atomic E-state index is 12.5. The van der Waals surface area contributed by atoms with Crippen molar-refractivity contribution in [1.82, 2.24) is 14.7 Å². The van der Waals surface area contributed by atoms with Gasteiger partial charge in [-0.3, -0.25) is 5.32 Å². The van der Waals surface area contributed by atoms with Crippen LogP contribution in [0.1, 0.15) is 11.3 Å². The Bertz CT molecular complexity index is 1180. The van der Waals surface area contributed by atoms with Crippen LogP contribution in [0.15, 0.2) is 66.1 Å². The van der Waals surface area contributed by atoms with Gasteiger partial charge in [0, 0.05) is 11.3 Å². The van der Waals surface area contributed by atoms with Crippen LogP contribution in [0.25, 0.3) is 17.3 Å². The summed E-state index contributed by atoms with van der Waals surface area (Å²) in [5.74, 6) is -0.0255. The maximum Gasteiger partial charge on any atom is 0.335 e. The Labute approximate surface area is 173 Å². The topological polar surface area (TPSA) is 101 Å². The summed E-state index contributed by atoms with van der Waals surface area (Å²) in [6.45, 7) is 5.33. The summed E-state index contributed by atoms with van der Waals surface area (Å²) in [6, 6.07) is 14.4. The third kappa shape index (κ3) is 4.98. The maximum atomic E-state index is 12.5. The molecule has 0 spiro atoms. The summed E-state index contributed by atoms with van der Waals surface area (Å²) in [6.07, 6.45) is 1.47. The smallest absolute Gasteiger partial charge is 0.275 e. The largest absolute Gasteiger partial charge is 0.335 e. The molecule has 148 valence electrons. The number of rotatable bonds is 5. The van der Waals surface area contributed by atoms with Crippen molar-refractivity contribution in [3.63, 3.8) is 0 Å². The number of benzene rings is 2. The molecular weight excluding hydrogens is 412 g/mol. The van der Waals surface area contributed by atoms with Gasteiger partial charge in [-0.15, -0.1) is 0 Å². The number of aromatic nitrogens is 2. The van der Waals surface area contributed by atoms with Crippen molar-refractivity contribution in [2.24, 2.45) is 0 Å². The van der Waals surface area contributed by atoms with Gasteiger partial charge in [0.05, 0.1) is 10.7 Å². The van der Waals surface area contributed by atoms with E-state index in [1.165, 1.54) is 18.2 Å². The van der Waals surface area contributed by atoms with Crippen molar-refractivity contribution in [3.8, 4) is 11.3 Å². The Kier molecular flexibility index (Phi) is 5.95. The highest BCUT2D eigenvalue weighted by molar-refractivity contribution is 7.90. The molecule has 0 radical (unpaired) electrons. The van der Waals surface area contributed by atoms with E-state index in [1.54, 1.807) is 19.1 Å². The minimum absolute atomic E-state index is 0.0194. The van der Waals surface area contributed by atoms with E-state index < -0.39 is 16.1 Å². The molecule has 0 aliphatic rings. The third-order valence-corrected chi connectivity index (χ3v) is 5.67. The van der Waals surface area contributed by atoms with Gasteiger partial charge >= 0.3 is 6.03 Å². The molecule has 7 nitrogen and oxygen atoms in total. The van der Waals surface area contributed by atoms with Crippen molar-refractivity contribution in [2.75, 3.05) is 5.32 Å². The predicted octanol–water partition coefficient (Wildman–Crippen LogP) is 4.26. The fourth-order valence-corrected chi connectivity index (χ4v) is 3.98. The molecule has 0 saturated heterocycles. The van der Waals surface area contributed by atoms with E-state index >= 15 is 0 Å². The molecular formula is C20H17ClN4O3S. The summed E-state index contributed by atoms with van der Waals surface area (Å²) in [7, 11) is -4.21. The van der Waals surface area contributed by atoms with E-state index in [-0.39, 0.29) is 15.9 Å². The van der Waals surface area contributed by atoms with Crippen LogP contribution in [-0.4, -0.2) is 24.4 Å². The van der Waals surface area contributed by atoms with Crippen LogP contribution in [0.2, 0.25) is 5.02 Å². The van der Waals surface area contributed by atoms with E-state index in [1.807, 2.05) is 35.1 Å². The molecule has 2 amide bonds. The van der Waals surface area contributed by atoms with Crippen molar-refractivity contribution in [2.45, 2.75) is 11.8 Å². The number of anilines is 1. The second-order valence-corrected chi connectivity index (χ2v) is 8.10. The number of hydrogen-bond donors (Lipinski definition) is 2. The van der Waals surface area contributed by atoms with Gasteiger partial charge in [0.15, 0.2) is 0 Å². The van der Waals surface area contributed by atoms with Crippen molar-refractivity contribution in [1.29, 1.82) is 0 Å². The lowest BCUT2D eigenvalue weighted by molar-refractivity contribution is 0.256. The first kappa shape index (κ1) is 20.5. The van der Waals surface area contributed by atoms with Crippen LogP contribution in [0.3, 0.4) is 0 Å². The van der Waals surface area contributed by atoms with Gasteiger partial charge in [-0.1, -0.05) is 60.7 Å². The van der Waals surface area contributed by atoms with Crippen molar-refractivity contribution < 1.29 is 13.2 Å². The monoisotopic (exact) mass is 428 g/mol. The lowest BCUT2D eigenvalue weighted by Gasteiger charge is -2.11. The molecule has 1 aromatic heterocycles. The van der Waals surface area contributed by atoms with Gasteiger partial charge < -0.3 is 0 Å². The van der Waals surface area contributed by atoms with Gasteiger partial charge in [0.1, 0.15) is 4.90 Å². The molecule has 2 N–H and O–H groups in total. The van der Waals surface area contributed by atoms with E-state index in [0.29, 0.717) is 17.0 Å². The molecule has 9 heteroatoms. The number of nitrogens with zero attached hydrogens (tertiary/aromatic N) is 2. The highest BCUT2D eigenvalue weighted by atomic mass is 35.5. The number of carbonyl (C=O) groups excluding carboxylic acids is 1. The molecule has 3 aromatic rings. The Balaban J connectivity index is 1.82. The van der Waals surface area contributed by atoms with E-state index in [0.717, 1.165) is 5.56 Å². The summed E-state index contributed by atoms with van der Waals surface area (Å²) in [5, 5.41) is 2.33. The lowest BCUT2D eigenvalue weighted by Crippen LogP contribution is -2.35. The zero-order chi connectivity index (χ0) is 21.0. The van der Waals surface area contributed by atoms with Crippen molar-refractivity contribution >= 4 is 39.7 Å². The molecule has 0 saturated carbocycles. The fourth-order valence-electron chi connectivity index (χ4n) is 2.54. The third-order valence-electron chi connectivity index (χ3n) is 3.86. The number of aryl methyl sites for hydroxylation is 1. The lowest BCUT2D eigenvalue weighted by atomic mass is 10.1. The number of amides is 2. The molecule has 29 heavy (non-hydrogen) atoms. The Morgan fingerprint density at radius 2 is 1.83 bits per heavy atom. The molecule has 0 aliphatic heterocycles. The van der Waals surface area contributed by atoms with Gasteiger partial charge in [0.2, 0.25) is 5.95 Å². The number of urea groups is 1. The van der Waals surface area contributed by atoms with Gasteiger partial charge in [-0.25, -0.2) is 27.9 Å². The van der Waals surface area contributed by atoms with Crippen LogP contribution in [0, 0.1) is 6.92 Å². The van der Waals surface area contributed by atoms with Crippen LogP contribution in [-0.2, 0) is 10.0 Å². The number of sulfonamides is 1. The molecule has 0 atom stereocenters. The number of hydrogen-bond acceptors (Lipinski definition) is 5. The Morgan fingerprint density at radius 1 is 1.10 bits per heavy atom. The van der Waals surface area contributed by atoms with Crippen LogP contribution in [0.4, 0.5) is 10.7 Å². The van der Waals surface area contributed by atoms with Gasteiger partial charge in [-0.05, 0) is 30.7 Å². The Hall–Kier alpha value is -3.23. The second kappa shape index (κ2) is 8.42. The highest BCUT2D eigenvalue weighted by Crippen LogP contribution is 2.23. The number of nitrogens with one attached hydrogen (secondary N) is 2. The number of carbonyl (C=O) groups is 1. The minimum Gasteiger partial charge on any atom is -0.275 e. The van der Waals surface area contributed by atoms with E-state index in [4.69, 9.17) is 11.6 Å². The van der Waals surface area contributed by atoms with Gasteiger partial charge in [-0.2, -0.15) is 0 Å². The Morgan fingerprint density at radius 3 is 2.52 bits per heavy atom. The molecule has 0 unspecified atom stereocenters. The summed E-state index contributed by atoms with van der Waals surface area (Å²) in [5.41, 5.74) is 2.59. The average molecular weight is 429 g/mol. The number of halogens is 1. The van der Waals surface area contributed by atoms with E-state index in [2.05, 4.69) is 21.9 Å². The van der Waals surface area contributed by atoms with Crippen molar-refractivity contribution in [3.05, 3.63) is 77.5 Å². The SMILES string of the molecule is C=Cc1ccc(Cl)c(S(=O)(=O)NC(=O)Nc2nc(C)cc(-c3ccccc3)n2)c1. The molecule has 0 aliphatic carbocycles. The molecule has 0 fully saturated rings. The quantitative estimate of drug-likeness (QED) is 0.632. The molecule has 1 heterocycles.